The fraction of sp³-hybridized carbons (Fsp3) is 0.458. The summed E-state index contributed by atoms with van der Waals surface area (Å²) >= 11 is 0. The first-order valence-corrected chi connectivity index (χ1v) is 10.5. The second-order valence-electron chi connectivity index (χ2n) is 8.21. The summed E-state index contributed by atoms with van der Waals surface area (Å²) < 4.78 is 0. The number of nitrogens with zero attached hydrogens (tertiary/aromatic N) is 1. The van der Waals surface area contributed by atoms with Crippen molar-refractivity contribution < 1.29 is 9.90 Å². The van der Waals surface area contributed by atoms with Gasteiger partial charge in [0.2, 0.25) is 5.91 Å². The first-order valence-electron chi connectivity index (χ1n) is 10.5. The molecule has 2 aromatic rings. The highest BCUT2D eigenvalue weighted by atomic mass is 16.3. The van der Waals surface area contributed by atoms with E-state index in [1.165, 1.54) is 24.8 Å². The number of fused-ring (bicyclic) bond motifs is 1. The fourth-order valence-electron chi connectivity index (χ4n) is 4.53. The molecule has 1 fully saturated rings. The molecule has 1 amide bonds. The Morgan fingerprint density at radius 2 is 1.82 bits per heavy atom. The smallest absolute Gasteiger partial charge is 0.224 e. The van der Waals surface area contributed by atoms with Crippen LogP contribution in [0.5, 0.6) is 0 Å². The number of piperidine rings is 1. The summed E-state index contributed by atoms with van der Waals surface area (Å²) in [4.78, 5) is 14.2. The minimum Gasteiger partial charge on any atom is -0.388 e. The number of nitrogens with one attached hydrogen (secondary N) is 1. The lowest BCUT2D eigenvalue weighted by Crippen LogP contribution is -2.35. The second kappa shape index (κ2) is 8.89. The molecule has 0 bridgehead atoms. The Hall–Kier alpha value is -2.17. The van der Waals surface area contributed by atoms with Gasteiger partial charge in [-0.25, -0.2) is 0 Å². The van der Waals surface area contributed by atoms with E-state index in [2.05, 4.69) is 40.5 Å². The number of anilines is 1. The molecule has 0 saturated carbocycles. The Morgan fingerprint density at radius 3 is 2.61 bits per heavy atom. The van der Waals surface area contributed by atoms with Gasteiger partial charge in [0.25, 0.3) is 0 Å². The van der Waals surface area contributed by atoms with Crippen molar-refractivity contribution in [3.63, 3.8) is 0 Å². The van der Waals surface area contributed by atoms with Crippen molar-refractivity contribution >= 4 is 11.6 Å². The zero-order valence-corrected chi connectivity index (χ0v) is 16.4. The monoisotopic (exact) mass is 378 g/mol. The quantitative estimate of drug-likeness (QED) is 0.800. The molecular weight excluding hydrogens is 348 g/mol. The highest BCUT2D eigenvalue weighted by Gasteiger charge is 2.23. The van der Waals surface area contributed by atoms with E-state index in [0.717, 1.165) is 48.8 Å². The molecule has 4 heteroatoms. The fourth-order valence-corrected chi connectivity index (χ4v) is 4.53. The molecule has 2 heterocycles. The van der Waals surface area contributed by atoms with Gasteiger partial charge >= 0.3 is 0 Å². The summed E-state index contributed by atoms with van der Waals surface area (Å²) in [6.45, 7) is 3.11. The highest BCUT2D eigenvalue weighted by molar-refractivity contribution is 5.94. The van der Waals surface area contributed by atoms with Crippen LogP contribution in [0.2, 0.25) is 0 Å². The molecule has 0 aromatic heterocycles. The van der Waals surface area contributed by atoms with E-state index in [1.807, 2.05) is 18.2 Å². The Balaban J connectivity index is 1.27. The summed E-state index contributed by atoms with van der Waals surface area (Å²) in [6, 6.07) is 16.7. The summed E-state index contributed by atoms with van der Waals surface area (Å²) in [5, 5.41) is 13.7. The van der Waals surface area contributed by atoms with E-state index in [1.54, 1.807) is 0 Å². The molecule has 4 nitrogen and oxygen atoms in total. The van der Waals surface area contributed by atoms with Crippen LogP contribution in [0.3, 0.4) is 0 Å². The van der Waals surface area contributed by atoms with Gasteiger partial charge in [0.15, 0.2) is 0 Å². The van der Waals surface area contributed by atoms with Crippen LogP contribution in [0, 0.1) is 5.92 Å². The van der Waals surface area contributed by atoms with Crippen LogP contribution in [0.4, 0.5) is 5.69 Å². The number of aliphatic hydroxyl groups is 1. The van der Waals surface area contributed by atoms with Gasteiger partial charge in [0, 0.05) is 24.2 Å². The molecule has 2 aliphatic heterocycles. The van der Waals surface area contributed by atoms with Gasteiger partial charge in [0.1, 0.15) is 0 Å². The predicted octanol–water partition coefficient (Wildman–Crippen LogP) is 3.95. The standard InChI is InChI=1S/C24H30N2O2/c27-22(21-8-4-7-20-9-10-23(28)25-24(20)21)13-16-26-14-11-19(12-15-26)17-18-5-2-1-3-6-18/h1-8,19,22,27H,9-17H2,(H,25,28). The van der Waals surface area contributed by atoms with Gasteiger partial charge in [-0.2, -0.15) is 0 Å². The van der Waals surface area contributed by atoms with Crippen LogP contribution >= 0.6 is 0 Å². The molecule has 2 aromatic carbocycles. The molecule has 1 atom stereocenters. The lowest BCUT2D eigenvalue weighted by Gasteiger charge is -2.32. The Labute approximate surface area is 167 Å². The van der Waals surface area contributed by atoms with E-state index in [4.69, 9.17) is 0 Å². The molecular formula is C24H30N2O2. The molecule has 2 aliphatic rings. The van der Waals surface area contributed by atoms with E-state index < -0.39 is 6.10 Å². The third-order valence-electron chi connectivity index (χ3n) is 6.22. The molecule has 28 heavy (non-hydrogen) atoms. The SMILES string of the molecule is O=C1CCc2cccc(C(O)CCN3CCC(Cc4ccccc4)CC3)c2N1. The predicted molar refractivity (Wildman–Crippen MR) is 112 cm³/mol. The average molecular weight is 379 g/mol. The number of rotatable bonds is 6. The zero-order chi connectivity index (χ0) is 19.3. The largest absolute Gasteiger partial charge is 0.388 e. The number of para-hydroxylation sites is 1. The molecule has 2 N–H and O–H groups in total. The first-order chi connectivity index (χ1) is 13.7. The minimum absolute atomic E-state index is 0.0487. The van der Waals surface area contributed by atoms with Crippen molar-refractivity contribution in [2.75, 3.05) is 25.0 Å². The molecule has 0 spiro atoms. The number of hydrogen-bond acceptors (Lipinski definition) is 3. The van der Waals surface area contributed by atoms with Gasteiger partial charge in [-0.3, -0.25) is 4.79 Å². The average Bonchev–Trinajstić information content (AvgIpc) is 2.73. The molecule has 0 radical (unpaired) electrons. The Morgan fingerprint density at radius 1 is 1.04 bits per heavy atom. The van der Waals surface area contributed by atoms with Crippen molar-refractivity contribution in [2.24, 2.45) is 5.92 Å². The van der Waals surface area contributed by atoms with Crippen LogP contribution < -0.4 is 5.32 Å². The Bertz CT molecular complexity index is 798. The number of amides is 1. The summed E-state index contributed by atoms with van der Waals surface area (Å²) in [5.74, 6) is 0.813. The van der Waals surface area contributed by atoms with Crippen LogP contribution in [0.1, 0.15) is 48.5 Å². The zero-order valence-electron chi connectivity index (χ0n) is 16.4. The number of aryl methyl sites for hydroxylation is 1. The van der Waals surface area contributed by atoms with Gasteiger partial charge in [-0.05, 0) is 62.2 Å². The normalized spacial score (nSPS) is 19.1. The third-order valence-corrected chi connectivity index (χ3v) is 6.22. The number of aliphatic hydroxyl groups excluding tert-OH is 1. The van der Waals surface area contributed by atoms with Crippen molar-refractivity contribution in [3.8, 4) is 0 Å². The maximum atomic E-state index is 11.8. The molecule has 0 aliphatic carbocycles. The number of carbonyl (C=O) groups excluding carboxylic acids is 1. The minimum atomic E-state index is -0.532. The topological polar surface area (TPSA) is 52.6 Å². The van der Waals surface area contributed by atoms with Gasteiger partial charge in [-0.1, -0.05) is 48.5 Å². The second-order valence-corrected chi connectivity index (χ2v) is 8.21. The van der Waals surface area contributed by atoms with Crippen LogP contribution in [-0.2, 0) is 17.6 Å². The number of carbonyl (C=O) groups is 1. The molecule has 4 rings (SSSR count). The molecule has 1 saturated heterocycles. The van der Waals surface area contributed by atoms with E-state index in [9.17, 15) is 9.90 Å². The first kappa shape index (κ1) is 19.2. The van der Waals surface area contributed by atoms with Gasteiger partial charge in [-0.15, -0.1) is 0 Å². The number of benzene rings is 2. The van der Waals surface area contributed by atoms with Crippen LogP contribution in [0.15, 0.2) is 48.5 Å². The van der Waals surface area contributed by atoms with Gasteiger partial charge in [0.05, 0.1) is 6.10 Å². The van der Waals surface area contributed by atoms with Crippen molar-refractivity contribution in [1.82, 2.24) is 4.90 Å². The van der Waals surface area contributed by atoms with E-state index in [0.29, 0.717) is 12.8 Å². The van der Waals surface area contributed by atoms with E-state index in [-0.39, 0.29) is 5.91 Å². The number of likely N-dealkylation sites (tertiary alicyclic amines) is 1. The Kier molecular flexibility index (Phi) is 6.08. The third kappa shape index (κ3) is 4.62. The number of hydrogen-bond donors (Lipinski definition) is 2. The maximum absolute atomic E-state index is 11.8. The lowest BCUT2D eigenvalue weighted by atomic mass is 9.90. The summed E-state index contributed by atoms with van der Waals surface area (Å²) in [7, 11) is 0. The van der Waals surface area contributed by atoms with E-state index >= 15 is 0 Å². The molecule has 148 valence electrons. The van der Waals surface area contributed by atoms with Crippen molar-refractivity contribution in [1.29, 1.82) is 0 Å². The molecule has 1 unspecified atom stereocenters. The maximum Gasteiger partial charge on any atom is 0.224 e. The summed E-state index contributed by atoms with van der Waals surface area (Å²) in [6.07, 6.45) is 5.09. The van der Waals surface area contributed by atoms with Crippen LogP contribution in [0.25, 0.3) is 0 Å². The van der Waals surface area contributed by atoms with Crippen LogP contribution in [-0.4, -0.2) is 35.5 Å². The van der Waals surface area contributed by atoms with Crippen molar-refractivity contribution in [2.45, 2.75) is 44.6 Å². The van der Waals surface area contributed by atoms with Crippen molar-refractivity contribution in [3.05, 3.63) is 65.2 Å². The highest BCUT2D eigenvalue weighted by Crippen LogP contribution is 2.32. The summed E-state index contributed by atoms with van der Waals surface area (Å²) in [5.41, 5.74) is 4.28. The lowest BCUT2D eigenvalue weighted by molar-refractivity contribution is -0.116. The van der Waals surface area contributed by atoms with Gasteiger partial charge < -0.3 is 15.3 Å².